The minimum Gasteiger partial charge on any atom is -0.496 e. The number of alkyl halides is 1. The SMILES string of the molecule is CCc1ccc(OC)c(CNC(=O)CCCl)c1. The van der Waals surface area contributed by atoms with E-state index < -0.39 is 0 Å². The minimum absolute atomic E-state index is 0.0380. The number of carbonyl (C=O) groups is 1. The summed E-state index contributed by atoms with van der Waals surface area (Å²) in [4.78, 5) is 11.3. The molecule has 1 rings (SSSR count). The smallest absolute Gasteiger partial charge is 0.221 e. The van der Waals surface area contributed by atoms with Crippen LogP contribution in [0.5, 0.6) is 5.75 Å². The standard InChI is InChI=1S/C13H18ClNO2/c1-3-10-4-5-12(17-2)11(8-10)9-15-13(16)6-7-14/h4-5,8H,3,6-7,9H2,1-2H3,(H,15,16). The summed E-state index contributed by atoms with van der Waals surface area (Å²) in [6.45, 7) is 2.57. The third kappa shape index (κ3) is 4.27. The van der Waals surface area contributed by atoms with Gasteiger partial charge in [0.05, 0.1) is 7.11 Å². The molecule has 4 heteroatoms. The first-order chi connectivity index (χ1) is 8.21. The second kappa shape index (κ2) is 7.17. The monoisotopic (exact) mass is 255 g/mol. The molecule has 0 spiro atoms. The van der Waals surface area contributed by atoms with Crippen molar-refractivity contribution in [2.24, 2.45) is 0 Å². The number of rotatable bonds is 6. The zero-order valence-corrected chi connectivity index (χ0v) is 11.0. The highest BCUT2D eigenvalue weighted by Gasteiger charge is 2.06. The van der Waals surface area contributed by atoms with E-state index in [9.17, 15) is 4.79 Å². The van der Waals surface area contributed by atoms with Crippen LogP contribution in [-0.2, 0) is 17.8 Å². The summed E-state index contributed by atoms with van der Waals surface area (Å²) >= 11 is 5.50. The molecule has 0 radical (unpaired) electrons. The Morgan fingerprint density at radius 3 is 2.82 bits per heavy atom. The molecule has 0 heterocycles. The van der Waals surface area contributed by atoms with Crippen molar-refractivity contribution in [2.45, 2.75) is 26.3 Å². The van der Waals surface area contributed by atoms with Crippen LogP contribution >= 0.6 is 11.6 Å². The second-order valence-corrected chi connectivity index (χ2v) is 4.09. The number of hydrogen-bond donors (Lipinski definition) is 1. The number of halogens is 1. The Labute approximate surface area is 107 Å². The Morgan fingerprint density at radius 2 is 2.24 bits per heavy atom. The van der Waals surface area contributed by atoms with Crippen molar-refractivity contribution in [1.29, 1.82) is 0 Å². The molecule has 0 aliphatic heterocycles. The lowest BCUT2D eigenvalue weighted by atomic mass is 10.1. The van der Waals surface area contributed by atoms with E-state index in [0.717, 1.165) is 17.7 Å². The molecule has 0 aromatic heterocycles. The number of ether oxygens (including phenoxy) is 1. The number of carbonyl (C=O) groups excluding carboxylic acids is 1. The Balaban J connectivity index is 2.70. The highest BCUT2D eigenvalue weighted by molar-refractivity contribution is 6.18. The normalized spacial score (nSPS) is 10.1. The fourth-order valence-corrected chi connectivity index (χ4v) is 1.73. The average Bonchev–Trinajstić information content (AvgIpc) is 2.36. The van der Waals surface area contributed by atoms with Gasteiger partial charge in [0.25, 0.3) is 0 Å². The average molecular weight is 256 g/mol. The summed E-state index contributed by atoms with van der Waals surface area (Å²) in [6.07, 6.45) is 1.31. The summed E-state index contributed by atoms with van der Waals surface area (Å²) in [5.41, 5.74) is 2.22. The van der Waals surface area contributed by atoms with Crippen LogP contribution in [0.2, 0.25) is 0 Å². The van der Waals surface area contributed by atoms with Crippen molar-refractivity contribution >= 4 is 17.5 Å². The molecule has 0 fully saturated rings. The van der Waals surface area contributed by atoms with E-state index >= 15 is 0 Å². The van der Waals surface area contributed by atoms with E-state index in [0.29, 0.717) is 18.8 Å². The molecule has 1 N–H and O–H groups in total. The molecule has 0 aliphatic rings. The molecule has 0 saturated heterocycles. The predicted octanol–water partition coefficient (Wildman–Crippen LogP) is 2.50. The van der Waals surface area contributed by atoms with Crippen LogP contribution in [0.4, 0.5) is 0 Å². The van der Waals surface area contributed by atoms with Crippen LogP contribution in [0.1, 0.15) is 24.5 Å². The van der Waals surface area contributed by atoms with Gasteiger partial charge in [0.15, 0.2) is 0 Å². The lowest BCUT2D eigenvalue weighted by molar-refractivity contribution is -0.120. The van der Waals surface area contributed by atoms with Gasteiger partial charge >= 0.3 is 0 Å². The van der Waals surface area contributed by atoms with E-state index in [4.69, 9.17) is 16.3 Å². The van der Waals surface area contributed by atoms with E-state index in [2.05, 4.69) is 18.3 Å². The lowest BCUT2D eigenvalue weighted by Gasteiger charge is -2.11. The van der Waals surface area contributed by atoms with Crippen molar-refractivity contribution < 1.29 is 9.53 Å². The van der Waals surface area contributed by atoms with Gasteiger partial charge in [-0.15, -0.1) is 11.6 Å². The van der Waals surface area contributed by atoms with Gasteiger partial charge in [-0.1, -0.05) is 19.1 Å². The minimum atomic E-state index is -0.0380. The van der Waals surface area contributed by atoms with Crippen molar-refractivity contribution in [3.63, 3.8) is 0 Å². The van der Waals surface area contributed by atoms with Crippen LogP contribution in [0.25, 0.3) is 0 Å². The third-order valence-corrected chi connectivity index (χ3v) is 2.74. The number of amides is 1. The van der Waals surface area contributed by atoms with Gasteiger partial charge in [0.2, 0.25) is 5.91 Å². The maximum atomic E-state index is 11.3. The largest absolute Gasteiger partial charge is 0.496 e. The molecular formula is C13H18ClNO2. The first kappa shape index (κ1) is 13.8. The Bertz CT molecular complexity index is 380. The van der Waals surface area contributed by atoms with Gasteiger partial charge in [-0.3, -0.25) is 4.79 Å². The van der Waals surface area contributed by atoms with Crippen LogP contribution in [0.3, 0.4) is 0 Å². The van der Waals surface area contributed by atoms with Gasteiger partial charge in [0, 0.05) is 24.4 Å². The molecule has 0 atom stereocenters. The van der Waals surface area contributed by atoms with Crippen molar-refractivity contribution in [3.05, 3.63) is 29.3 Å². The van der Waals surface area contributed by atoms with Crippen LogP contribution in [0.15, 0.2) is 18.2 Å². The number of methoxy groups -OCH3 is 1. The molecule has 1 aromatic rings. The van der Waals surface area contributed by atoms with Crippen LogP contribution < -0.4 is 10.1 Å². The van der Waals surface area contributed by atoms with E-state index in [1.807, 2.05) is 12.1 Å². The summed E-state index contributed by atoms with van der Waals surface area (Å²) in [5.74, 6) is 1.11. The number of benzene rings is 1. The van der Waals surface area contributed by atoms with Crippen LogP contribution in [-0.4, -0.2) is 18.9 Å². The summed E-state index contributed by atoms with van der Waals surface area (Å²) in [6, 6.07) is 6.02. The second-order valence-electron chi connectivity index (χ2n) is 3.72. The van der Waals surface area contributed by atoms with E-state index in [1.54, 1.807) is 7.11 Å². The van der Waals surface area contributed by atoms with E-state index in [-0.39, 0.29) is 5.91 Å². The Morgan fingerprint density at radius 1 is 1.47 bits per heavy atom. The van der Waals surface area contributed by atoms with Crippen molar-refractivity contribution in [2.75, 3.05) is 13.0 Å². The fourth-order valence-electron chi connectivity index (χ4n) is 1.56. The zero-order valence-electron chi connectivity index (χ0n) is 10.3. The first-order valence-electron chi connectivity index (χ1n) is 5.69. The molecule has 0 saturated carbocycles. The third-order valence-electron chi connectivity index (χ3n) is 2.55. The molecule has 3 nitrogen and oxygen atoms in total. The van der Waals surface area contributed by atoms with Crippen molar-refractivity contribution in [3.8, 4) is 5.75 Å². The molecule has 1 amide bonds. The lowest BCUT2D eigenvalue weighted by Crippen LogP contribution is -2.23. The van der Waals surface area contributed by atoms with E-state index in [1.165, 1.54) is 5.56 Å². The quantitative estimate of drug-likeness (QED) is 0.794. The van der Waals surface area contributed by atoms with Gasteiger partial charge in [-0.25, -0.2) is 0 Å². The fraction of sp³-hybridized carbons (Fsp3) is 0.462. The van der Waals surface area contributed by atoms with Gasteiger partial charge in [-0.05, 0) is 18.1 Å². The number of nitrogens with one attached hydrogen (secondary N) is 1. The summed E-state index contributed by atoms with van der Waals surface area (Å²) in [7, 11) is 1.63. The molecule has 17 heavy (non-hydrogen) atoms. The molecular weight excluding hydrogens is 238 g/mol. The zero-order chi connectivity index (χ0) is 12.7. The summed E-state index contributed by atoms with van der Waals surface area (Å²) < 4.78 is 5.26. The molecule has 0 bridgehead atoms. The van der Waals surface area contributed by atoms with Gasteiger partial charge in [-0.2, -0.15) is 0 Å². The maximum absolute atomic E-state index is 11.3. The van der Waals surface area contributed by atoms with Crippen molar-refractivity contribution in [1.82, 2.24) is 5.32 Å². The first-order valence-corrected chi connectivity index (χ1v) is 6.23. The van der Waals surface area contributed by atoms with Crippen LogP contribution in [0, 0.1) is 0 Å². The molecule has 0 aliphatic carbocycles. The summed E-state index contributed by atoms with van der Waals surface area (Å²) in [5, 5.41) is 2.82. The Hall–Kier alpha value is -1.22. The highest BCUT2D eigenvalue weighted by atomic mass is 35.5. The van der Waals surface area contributed by atoms with Gasteiger partial charge in [0.1, 0.15) is 5.75 Å². The van der Waals surface area contributed by atoms with Gasteiger partial charge < -0.3 is 10.1 Å². The maximum Gasteiger partial charge on any atom is 0.221 e. The topological polar surface area (TPSA) is 38.3 Å². The highest BCUT2D eigenvalue weighted by Crippen LogP contribution is 2.20. The molecule has 1 aromatic carbocycles. The number of hydrogen-bond acceptors (Lipinski definition) is 2. The Kier molecular flexibility index (Phi) is 5.84. The molecule has 0 unspecified atom stereocenters. The predicted molar refractivity (Wildman–Crippen MR) is 69.6 cm³/mol. The molecule has 94 valence electrons. The number of aryl methyl sites for hydroxylation is 1.